The zero-order valence-electron chi connectivity index (χ0n) is 79.8. The molecule has 6 aliphatic heterocycles. The van der Waals surface area contributed by atoms with Crippen molar-refractivity contribution >= 4 is 131 Å². The monoisotopic (exact) mass is 2030 g/mol. The molecule has 3 saturated carbocycles. The molecule has 1 unspecified atom stereocenters. The van der Waals surface area contributed by atoms with Gasteiger partial charge in [-0.2, -0.15) is 68.4 Å². The first-order valence-corrected chi connectivity index (χ1v) is 46.0. The summed E-state index contributed by atoms with van der Waals surface area (Å²) < 4.78 is 72.9. The Balaban J connectivity index is 0.000000232. The number of tetrazole rings is 3. The molecule has 3 aliphatic carbocycles. The van der Waals surface area contributed by atoms with Crippen molar-refractivity contribution in [2.75, 3.05) is 38.6 Å². The highest BCUT2D eigenvalue weighted by Gasteiger charge is 2.64. The van der Waals surface area contributed by atoms with E-state index in [1.54, 1.807) is 68.4 Å². The topological polar surface area (TPSA) is 509 Å². The number of benzene rings is 3. The van der Waals surface area contributed by atoms with Gasteiger partial charge in [0.05, 0.1) is 18.1 Å². The first kappa shape index (κ1) is 112. The minimum atomic E-state index is -1.50. The zero-order chi connectivity index (χ0) is 98.3. The van der Waals surface area contributed by atoms with Gasteiger partial charge in [-0.25, -0.2) is 46.3 Å². The molecule has 6 fully saturated rings. The lowest BCUT2D eigenvalue weighted by Gasteiger charge is -2.30. The molecule has 15 atom stereocenters. The van der Waals surface area contributed by atoms with Crippen LogP contribution in [0, 0.1) is 41.0 Å². The quantitative estimate of drug-likeness (QED) is 0.0295. The summed E-state index contributed by atoms with van der Waals surface area (Å²) in [7, 11) is 3.02. The molecule has 9 heterocycles. The van der Waals surface area contributed by atoms with E-state index in [-0.39, 0.29) is 159 Å². The summed E-state index contributed by atoms with van der Waals surface area (Å²) in [6.45, 7) is 15.4. The average molecular weight is 2030 g/mol. The number of aromatic nitrogens is 12. The molecule has 0 bridgehead atoms. The molecule has 3 aromatic heterocycles. The van der Waals surface area contributed by atoms with Gasteiger partial charge in [-0.1, -0.05) is 87.1 Å². The molecular formula is C92H126F4N22O18S4. The summed E-state index contributed by atoms with van der Waals surface area (Å²) in [4.78, 5) is 168. The Labute approximate surface area is 834 Å². The van der Waals surface area contributed by atoms with Crippen LogP contribution >= 0.6 is 54.0 Å². The van der Waals surface area contributed by atoms with Gasteiger partial charge in [0.25, 0.3) is 0 Å². The lowest BCUT2D eigenvalue weighted by atomic mass is 10.0. The Hall–Kier alpha value is -12.0. The number of aliphatic carboxylic acids is 3. The number of nitrogens with zero attached hydrogens (tertiary/aromatic N) is 16. The van der Waals surface area contributed by atoms with Crippen LogP contribution in [-0.2, 0) is 57.4 Å². The maximum absolute atomic E-state index is 14.7. The maximum Gasteiger partial charge on any atom is 0.408 e. The minimum Gasteiger partial charge on any atom is -0.479 e. The highest BCUT2D eigenvalue weighted by Crippen LogP contribution is 2.49. The zero-order valence-corrected chi connectivity index (χ0v) is 83.8. The van der Waals surface area contributed by atoms with Crippen molar-refractivity contribution in [1.29, 1.82) is 0 Å². The number of carboxylic acids is 3. The summed E-state index contributed by atoms with van der Waals surface area (Å²) in [5.41, 5.74) is -6.02. The first-order valence-electron chi connectivity index (χ1n) is 46.0. The van der Waals surface area contributed by atoms with Gasteiger partial charge in [0.2, 0.25) is 52.9 Å². The normalized spacial score (nSPS) is 27.2. The van der Waals surface area contributed by atoms with Crippen LogP contribution in [0.2, 0.25) is 0 Å². The summed E-state index contributed by atoms with van der Waals surface area (Å²) in [5, 5.41) is 84.0. The predicted molar refractivity (Wildman–Crippen MR) is 519 cm³/mol. The number of alkyl carbamates (subject to hydrolysis) is 3. The molecule has 40 nitrogen and oxygen atoms in total. The molecule has 0 spiro atoms. The van der Waals surface area contributed by atoms with E-state index in [1.165, 1.54) is 90.5 Å². The number of rotatable bonds is 13. The largest absolute Gasteiger partial charge is 0.479 e. The van der Waals surface area contributed by atoms with Crippen molar-refractivity contribution in [2.24, 2.45) is 17.8 Å². The highest BCUT2D eigenvalue weighted by atomic mass is 32.1. The van der Waals surface area contributed by atoms with Crippen LogP contribution in [-0.4, -0.2) is 266 Å². The van der Waals surface area contributed by atoms with E-state index in [9.17, 15) is 90.4 Å². The van der Waals surface area contributed by atoms with Crippen LogP contribution < -0.4 is 36.8 Å². The lowest BCUT2D eigenvalue weighted by Crippen LogP contribution is -2.56. The van der Waals surface area contributed by atoms with Gasteiger partial charge in [-0.05, 0) is 204 Å². The second kappa shape index (κ2) is 46.6. The number of hydrogen-bond donors (Lipinski definition) is 9. The second-order valence-electron chi connectivity index (χ2n) is 39.2. The van der Waals surface area contributed by atoms with Crippen molar-refractivity contribution in [3.8, 4) is 34.2 Å². The van der Waals surface area contributed by atoms with Crippen LogP contribution in [0.5, 0.6) is 0 Å². The average Bonchev–Trinajstić information content (AvgIpc) is 1.59. The molecule has 9 N–H and O–H groups in total. The Bertz CT molecular complexity index is 5560. The van der Waals surface area contributed by atoms with Gasteiger partial charge < -0.3 is 81.0 Å². The number of carboxylic acid groups (broad SMARTS) is 3. The molecular weight excluding hydrogens is 1910 g/mol. The van der Waals surface area contributed by atoms with E-state index >= 15 is 0 Å². The van der Waals surface area contributed by atoms with Crippen molar-refractivity contribution < 1.29 is 105 Å². The molecule has 15 rings (SSSR count). The van der Waals surface area contributed by atoms with Gasteiger partial charge in [-0.15, -0.1) is 30.6 Å². The Morgan fingerprint density at radius 3 is 1.04 bits per heavy atom. The van der Waals surface area contributed by atoms with Gasteiger partial charge in [0.1, 0.15) is 98.6 Å². The summed E-state index contributed by atoms with van der Waals surface area (Å²) in [6.07, 6.45) is 19.6. The number of anilines is 1. The lowest BCUT2D eigenvalue weighted by molar-refractivity contribution is -0.146. The third-order valence-electron chi connectivity index (χ3n) is 25.2. The molecule has 3 saturated heterocycles. The number of ether oxygens (including phenoxy) is 3. The smallest absolute Gasteiger partial charge is 0.408 e. The van der Waals surface area contributed by atoms with Crippen molar-refractivity contribution in [2.45, 2.75) is 285 Å². The number of carbonyl (C=O) groups excluding carboxylic acids is 9. The second-order valence-corrected chi connectivity index (χ2v) is 39.2. The minimum absolute atomic E-state index is 0. The van der Waals surface area contributed by atoms with Crippen LogP contribution in [0.25, 0.3) is 34.2 Å². The molecule has 140 heavy (non-hydrogen) atoms. The van der Waals surface area contributed by atoms with Crippen LogP contribution in [0.3, 0.4) is 0 Å². The van der Waals surface area contributed by atoms with E-state index in [4.69, 9.17) is 14.2 Å². The fourth-order valence-corrected chi connectivity index (χ4v) is 17.9. The van der Waals surface area contributed by atoms with Crippen molar-refractivity contribution in [3.63, 3.8) is 0 Å². The van der Waals surface area contributed by atoms with Gasteiger partial charge in [0, 0.05) is 87.4 Å². The first-order chi connectivity index (χ1) is 64.3. The maximum atomic E-state index is 14.7. The standard InChI is InChI=1S/C32H42F2N8O6.2C30H38FN7O6.4H2S/c1-31(2,3)48-30(47)35-23-12-10-8-6-7-9-11-19-16-32(19,29(45)46)36-27(43)24-15-20(17-41(24)28(23)44)42-38-26(37-39-42)18-13-21(33)25(40(4)5)22(34)14-18;1-29(2,3)44-28(43)32-22-13-8-6-4-5-7-11-19-16-30(19,27(41)42)33-25(39)23-15-21(17-37(23)26(22)40)38-35-24(34-36-38)18-10-9-12-20(31)14-18;1-29(2,3)44-28(43)32-22-10-8-6-4-5-7-9-19-16-30(19,27(41)42)33-25(39)23-15-21(17-37(23)26(22)40)38-35-24(34-36-38)18-11-13-20(31)14-12-18;;;;/h9,11,13-14,19-20,23-24H,6-8,10,12,15-17H2,1-5H3,(H,35,47)(H,36,43)(H,45,46);7,9-12,14,19,21-23H,4-6,8,13,15-17H2,1-3H3,(H,32,43)(H,33,39)(H,41,42);7,9,11-14,19,21-23H,4-6,8,10,15-17H2,1-3H3,(H,32,43)(H,33,39)(H,41,42);4*1H2/b11-9-;11-7-;9-7-;;;;/t19-,20?,23-,24+,32+;2*19-,21+,22-,23+,30+;;;;/m111..../s1. The Morgan fingerprint density at radius 1 is 0.421 bits per heavy atom. The molecule has 6 aromatic rings. The molecule has 9 aliphatic rings. The van der Waals surface area contributed by atoms with E-state index in [1.807, 2.05) is 36.5 Å². The number of carbonyl (C=O) groups is 12. The van der Waals surface area contributed by atoms with E-state index < -0.39 is 189 Å². The van der Waals surface area contributed by atoms with Crippen LogP contribution in [0.4, 0.5) is 37.6 Å². The van der Waals surface area contributed by atoms with E-state index in [0.717, 1.165) is 63.5 Å². The van der Waals surface area contributed by atoms with Crippen LogP contribution in [0.15, 0.2) is 97.1 Å². The fraction of sp³-hybridized carbons (Fsp3) is 0.576. The number of hydrogen-bond acceptors (Lipinski definition) is 25. The molecule has 764 valence electrons. The predicted octanol–water partition coefficient (Wildman–Crippen LogP) is 9.64. The van der Waals surface area contributed by atoms with Gasteiger partial charge >= 0.3 is 36.2 Å². The summed E-state index contributed by atoms with van der Waals surface area (Å²) in [5.74, 6) is -10.1. The number of allylic oxidation sites excluding steroid dienone is 3. The number of nitrogens with one attached hydrogen (secondary N) is 6. The van der Waals surface area contributed by atoms with E-state index in [2.05, 4.69) is 78.1 Å². The van der Waals surface area contributed by atoms with Gasteiger partial charge in [-0.3, -0.25) is 28.8 Å². The number of amides is 9. The van der Waals surface area contributed by atoms with Crippen molar-refractivity contribution in [1.82, 2.24) is 107 Å². The molecule has 9 amide bonds. The summed E-state index contributed by atoms with van der Waals surface area (Å²) >= 11 is 0. The van der Waals surface area contributed by atoms with Crippen molar-refractivity contribution in [3.05, 3.63) is 120 Å². The molecule has 48 heteroatoms. The molecule has 3 aromatic carbocycles. The SMILES string of the molecule is CC(C)(C)OC(=O)N[C@@H]1CCCCC/C=C\[C@@H]2C[C@]2(C(=O)O)NC(=O)[C@@H]2C[C@H](n3nnc(-c4ccc(F)cc4)n3)CN2C1=O.CC(C)(C)OC(=O)N[C@@H]1CCCCC/C=C\[C@@H]2C[C@]2(C(=O)O)NC(=O)[C@@H]2C[C@H](n3nnc(-c4cccc(F)c4)n3)CN2C1=O.CN(C)c1c(F)cc(-c2nnn(C3C[C@H]4C(=O)N[C@@]5(C(=O)O)C[C@H]5/C=C\CCCCC[C@@H](NC(=O)OC(C)(C)C)C(=O)N4C3)n2)cc1F.S.S.S.S. The molecule has 0 radical (unpaired) electrons. The third-order valence-corrected chi connectivity index (χ3v) is 25.2. The number of fused-ring (bicyclic) bond motifs is 6. The van der Waals surface area contributed by atoms with E-state index in [0.29, 0.717) is 49.7 Å². The number of halogens is 4. The highest BCUT2D eigenvalue weighted by molar-refractivity contribution is 7.59. The Kier molecular flexibility index (Phi) is 37.2. The fourth-order valence-electron chi connectivity index (χ4n) is 17.9. The Morgan fingerprint density at radius 2 is 0.736 bits per heavy atom. The van der Waals surface area contributed by atoms with Gasteiger partial charge in [0.15, 0.2) is 0 Å². The van der Waals surface area contributed by atoms with Crippen LogP contribution in [0.1, 0.15) is 215 Å². The third kappa shape index (κ3) is 27.4. The summed E-state index contributed by atoms with van der Waals surface area (Å²) in [6, 6.07) is 5.40.